The Kier molecular flexibility index (Phi) is 4.85. The molecule has 1 saturated heterocycles. The summed E-state index contributed by atoms with van der Waals surface area (Å²) in [5.74, 6) is -1.11. The van der Waals surface area contributed by atoms with E-state index < -0.39 is 11.4 Å². The number of hydrogen-bond donors (Lipinski definition) is 2. The Morgan fingerprint density at radius 3 is 2.81 bits per heavy atom. The number of benzene rings is 1. The smallest absolute Gasteiger partial charge is 0.247 e. The molecule has 0 spiro atoms. The minimum absolute atomic E-state index is 0.226. The third-order valence-electron chi connectivity index (χ3n) is 3.80. The average molecular weight is 311 g/mol. The monoisotopic (exact) mass is 310 g/mol. The Labute approximate surface area is 128 Å². The van der Waals surface area contributed by atoms with E-state index in [1.54, 1.807) is 31.2 Å². The first kappa shape index (κ1) is 15.8. The predicted octanol–water partition coefficient (Wildman–Crippen LogP) is 1.58. The molecule has 0 saturated carbocycles. The van der Waals surface area contributed by atoms with E-state index in [0.717, 1.165) is 12.8 Å². The van der Waals surface area contributed by atoms with Crippen LogP contribution in [-0.4, -0.2) is 25.0 Å². The zero-order valence-electron chi connectivity index (χ0n) is 11.9. The molecule has 5 nitrogen and oxygen atoms in total. The molecule has 0 aromatic heterocycles. The number of carbonyl (C=O) groups is 2. The van der Waals surface area contributed by atoms with Gasteiger partial charge >= 0.3 is 0 Å². The van der Waals surface area contributed by atoms with Gasteiger partial charge in [-0.3, -0.25) is 9.59 Å². The first-order chi connectivity index (χ1) is 9.93. The van der Waals surface area contributed by atoms with Gasteiger partial charge in [-0.05, 0) is 37.5 Å². The maximum Gasteiger partial charge on any atom is 0.247 e. The molecule has 1 heterocycles. The standard InChI is InChI=1S/C15H19ClN2O3/c1-15(14(17)20,11-5-2-6-12(16)8-11)18-13(19)10-4-3-7-21-9-10/h2,5-6,8,10H,3-4,7,9H2,1H3,(H2,17,20)(H,18,19)/t10-,15-/m0/s1. The van der Waals surface area contributed by atoms with Crippen LogP contribution in [0.4, 0.5) is 0 Å². The fourth-order valence-corrected chi connectivity index (χ4v) is 2.56. The number of rotatable bonds is 4. The van der Waals surface area contributed by atoms with Crippen molar-refractivity contribution in [2.45, 2.75) is 25.3 Å². The van der Waals surface area contributed by atoms with Crippen molar-refractivity contribution < 1.29 is 14.3 Å². The maximum absolute atomic E-state index is 12.3. The highest BCUT2D eigenvalue weighted by molar-refractivity contribution is 6.30. The van der Waals surface area contributed by atoms with E-state index in [9.17, 15) is 9.59 Å². The highest BCUT2D eigenvalue weighted by atomic mass is 35.5. The lowest BCUT2D eigenvalue weighted by Gasteiger charge is -2.31. The number of amides is 2. The van der Waals surface area contributed by atoms with Gasteiger partial charge in [0.1, 0.15) is 5.54 Å². The summed E-state index contributed by atoms with van der Waals surface area (Å²) in [4.78, 5) is 24.2. The maximum atomic E-state index is 12.3. The van der Waals surface area contributed by atoms with Crippen LogP contribution in [0.3, 0.4) is 0 Å². The first-order valence-electron chi connectivity index (χ1n) is 6.89. The Balaban J connectivity index is 2.22. The molecule has 114 valence electrons. The van der Waals surface area contributed by atoms with Crippen molar-refractivity contribution in [3.05, 3.63) is 34.9 Å². The van der Waals surface area contributed by atoms with E-state index in [1.807, 2.05) is 0 Å². The lowest BCUT2D eigenvalue weighted by atomic mass is 9.89. The summed E-state index contributed by atoms with van der Waals surface area (Å²) < 4.78 is 5.30. The number of hydrogen-bond acceptors (Lipinski definition) is 3. The van der Waals surface area contributed by atoms with Crippen molar-refractivity contribution in [3.8, 4) is 0 Å². The normalized spacial score (nSPS) is 21.3. The van der Waals surface area contributed by atoms with Crippen LogP contribution >= 0.6 is 11.6 Å². The average Bonchev–Trinajstić information content (AvgIpc) is 2.47. The largest absolute Gasteiger partial charge is 0.381 e. The van der Waals surface area contributed by atoms with Crippen LogP contribution < -0.4 is 11.1 Å². The summed E-state index contributed by atoms with van der Waals surface area (Å²) in [5.41, 5.74) is 4.77. The number of nitrogens with one attached hydrogen (secondary N) is 1. The van der Waals surface area contributed by atoms with Gasteiger partial charge < -0.3 is 15.8 Å². The predicted molar refractivity (Wildman–Crippen MR) is 79.7 cm³/mol. The summed E-state index contributed by atoms with van der Waals surface area (Å²) in [5, 5.41) is 3.24. The van der Waals surface area contributed by atoms with E-state index >= 15 is 0 Å². The molecule has 1 aromatic carbocycles. The molecule has 0 unspecified atom stereocenters. The molecular formula is C15H19ClN2O3. The fraction of sp³-hybridized carbons (Fsp3) is 0.467. The second kappa shape index (κ2) is 6.45. The Hall–Kier alpha value is -1.59. The van der Waals surface area contributed by atoms with Gasteiger partial charge in [0.05, 0.1) is 12.5 Å². The van der Waals surface area contributed by atoms with Crippen LogP contribution in [0.5, 0.6) is 0 Å². The second-order valence-electron chi connectivity index (χ2n) is 5.40. The molecule has 0 bridgehead atoms. The first-order valence-corrected chi connectivity index (χ1v) is 7.27. The molecule has 21 heavy (non-hydrogen) atoms. The quantitative estimate of drug-likeness (QED) is 0.886. The highest BCUT2D eigenvalue weighted by Crippen LogP contribution is 2.25. The number of ether oxygens (including phenoxy) is 1. The molecule has 0 aliphatic carbocycles. The summed E-state index contributed by atoms with van der Waals surface area (Å²) in [6.45, 7) is 2.63. The highest BCUT2D eigenvalue weighted by Gasteiger charge is 2.37. The van der Waals surface area contributed by atoms with Gasteiger partial charge in [-0.15, -0.1) is 0 Å². The number of primary amides is 1. The van der Waals surface area contributed by atoms with Crippen LogP contribution in [-0.2, 0) is 19.9 Å². The van der Waals surface area contributed by atoms with Gasteiger partial charge in [-0.25, -0.2) is 0 Å². The van der Waals surface area contributed by atoms with E-state index in [-0.39, 0.29) is 11.8 Å². The third kappa shape index (κ3) is 3.54. The summed E-state index contributed by atoms with van der Waals surface area (Å²) in [6, 6.07) is 6.76. The molecular weight excluding hydrogens is 292 g/mol. The number of halogens is 1. The number of nitrogens with two attached hydrogens (primary N) is 1. The van der Waals surface area contributed by atoms with Crippen molar-refractivity contribution in [1.82, 2.24) is 5.32 Å². The fourth-order valence-electron chi connectivity index (χ4n) is 2.37. The zero-order valence-corrected chi connectivity index (χ0v) is 12.7. The zero-order chi connectivity index (χ0) is 15.5. The Morgan fingerprint density at radius 2 is 2.24 bits per heavy atom. The topological polar surface area (TPSA) is 81.4 Å². The molecule has 1 aliphatic heterocycles. The van der Waals surface area contributed by atoms with Gasteiger partial charge in [-0.1, -0.05) is 23.7 Å². The second-order valence-corrected chi connectivity index (χ2v) is 5.84. The molecule has 1 aliphatic rings. The Bertz CT molecular complexity index is 543. The molecule has 1 aromatic rings. The molecule has 1 fully saturated rings. The van der Waals surface area contributed by atoms with E-state index in [2.05, 4.69) is 5.32 Å². The van der Waals surface area contributed by atoms with E-state index in [0.29, 0.717) is 23.8 Å². The van der Waals surface area contributed by atoms with Crippen molar-refractivity contribution in [1.29, 1.82) is 0 Å². The minimum atomic E-state index is -1.29. The van der Waals surface area contributed by atoms with Crippen molar-refractivity contribution in [2.75, 3.05) is 13.2 Å². The van der Waals surface area contributed by atoms with Crippen LogP contribution in [0.25, 0.3) is 0 Å². The van der Waals surface area contributed by atoms with Crippen molar-refractivity contribution in [2.24, 2.45) is 11.7 Å². The molecule has 6 heteroatoms. The summed E-state index contributed by atoms with van der Waals surface area (Å²) in [6.07, 6.45) is 1.58. The SMILES string of the molecule is C[C@@](NC(=O)[C@H]1CCCOC1)(C(N)=O)c1cccc(Cl)c1. The molecule has 2 atom stereocenters. The van der Waals surface area contributed by atoms with Crippen LogP contribution in [0, 0.1) is 5.92 Å². The number of carbonyl (C=O) groups excluding carboxylic acids is 2. The Morgan fingerprint density at radius 1 is 1.48 bits per heavy atom. The lowest BCUT2D eigenvalue weighted by molar-refractivity contribution is -0.136. The van der Waals surface area contributed by atoms with Gasteiger partial charge in [0, 0.05) is 11.6 Å². The van der Waals surface area contributed by atoms with Gasteiger partial charge in [0.15, 0.2) is 0 Å². The van der Waals surface area contributed by atoms with Gasteiger partial charge in [-0.2, -0.15) is 0 Å². The summed E-state index contributed by atoms with van der Waals surface area (Å²) >= 11 is 5.96. The van der Waals surface area contributed by atoms with Crippen molar-refractivity contribution in [3.63, 3.8) is 0 Å². The van der Waals surface area contributed by atoms with E-state index in [1.165, 1.54) is 0 Å². The minimum Gasteiger partial charge on any atom is -0.381 e. The van der Waals surface area contributed by atoms with Crippen LogP contribution in [0.2, 0.25) is 5.02 Å². The van der Waals surface area contributed by atoms with Gasteiger partial charge in [0.2, 0.25) is 11.8 Å². The third-order valence-corrected chi connectivity index (χ3v) is 4.03. The van der Waals surface area contributed by atoms with Crippen LogP contribution in [0.15, 0.2) is 24.3 Å². The van der Waals surface area contributed by atoms with Gasteiger partial charge in [0.25, 0.3) is 0 Å². The molecule has 0 radical (unpaired) electrons. The molecule has 2 rings (SSSR count). The molecule has 2 amide bonds. The summed E-state index contributed by atoms with van der Waals surface area (Å²) in [7, 11) is 0. The van der Waals surface area contributed by atoms with Crippen LogP contribution in [0.1, 0.15) is 25.3 Å². The van der Waals surface area contributed by atoms with E-state index in [4.69, 9.17) is 22.1 Å². The molecule has 3 N–H and O–H groups in total. The van der Waals surface area contributed by atoms with Crippen molar-refractivity contribution >= 4 is 23.4 Å². The lowest BCUT2D eigenvalue weighted by Crippen LogP contribution is -2.54.